The van der Waals surface area contributed by atoms with Gasteiger partial charge >= 0.3 is 0 Å². The third kappa shape index (κ3) is 1.69. The Hall–Kier alpha value is -0.460. The summed E-state index contributed by atoms with van der Waals surface area (Å²) in [5, 5.41) is 0. The van der Waals surface area contributed by atoms with E-state index in [4.69, 9.17) is 0 Å². The molecule has 0 spiro atoms. The maximum Gasteiger partial charge on any atom is 0.0179 e. The molecule has 1 heteroatoms. The van der Waals surface area contributed by atoms with Crippen molar-refractivity contribution in [1.29, 1.82) is 0 Å². The summed E-state index contributed by atoms with van der Waals surface area (Å²) in [5.41, 5.74) is 3.77. The lowest BCUT2D eigenvalue weighted by atomic mass is 9.76. The molecule has 0 saturated carbocycles. The first kappa shape index (κ1) is 10.1. The van der Waals surface area contributed by atoms with E-state index in [0.29, 0.717) is 5.41 Å². The van der Waals surface area contributed by atoms with Crippen molar-refractivity contribution in [3.05, 3.63) is 11.3 Å². The van der Waals surface area contributed by atoms with Gasteiger partial charge < -0.3 is 4.90 Å². The minimum atomic E-state index is 0.437. The third-order valence-corrected chi connectivity index (χ3v) is 3.82. The summed E-state index contributed by atoms with van der Waals surface area (Å²) in [5.74, 6) is 0. The van der Waals surface area contributed by atoms with E-state index in [9.17, 15) is 0 Å². The number of likely N-dealkylation sites (tertiary alicyclic amines) is 1. The summed E-state index contributed by atoms with van der Waals surface area (Å²) in [6.45, 7) is 9.79. The van der Waals surface area contributed by atoms with Crippen molar-refractivity contribution in [2.24, 2.45) is 5.41 Å². The average molecular weight is 193 g/mol. The van der Waals surface area contributed by atoms with Crippen LogP contribution < -0.4 is 0 Å². The van der Waals surface area contributed by atoms with Crippen LogP contribution in [0.15, 0.2) is 11.3 Å². The molecule has 1 aliphatic heterocycles. The van der Waals surface area contributed by atoms with Crippen molar-refractivity contribution in [2.45, 2.75) is 52.9 Å². The summed E-state index contributed by atoms with van der Waals surface area (Å²) in [7, 11) is 0. The standard InChI is InChI=1S/C13H23N/c1-11-7-6-8-13(2,3)12(11)14-9-4-5-10-14/h4-10H2,1-3H3. The van der Waals surface area contributed by atoms with E-state index in [1.807, 2.05) is 0 Å². The number of nitrogens with zero attached hydrogens (tertiary/aromatic N) is 1. The lowest BCUT2D eigenvalue weighted by molar-refractivity contribution is 0.251. The van der Waals surface area contributed by atoms with Gasteiger partial charge in [0.15, 0.2) is 0 Å². The van der Waals surface area contributed by atoms with Gasteiger partial charge in [0.2, 0.25) is 0 Å². The van der Waals surface area contributed by atoms with E-state index >= 15 is 0 Å². The topological polar surface area (TPSA) is 3.24 Å². The molecule has 1 aliphatic carbocycles. The predicted molar refractivity (Wildman–Crippen MR) is 61.1 cm³/mol. The molecule has 1 saturated heterocycles. The summed E-state index contributed by atoms with van der Waals surface area (Å²) in [4.78, 5) is 2.65. The first-order chi connectivity index (χ1) is 6.61. The molecule has 0 unspecified atom stereocenters. The van der Waals surface area contributed by atoms with Crippen molar-refractivity contribution in [2.75, 3.05) is 13.1 Å². The molecule has 14 heavy (non-hydrogen) atoms. The summed E-state index contributed by atoms with van der Waals surface area (Å²) < 4.78 is 0. The van der Waals surface area contributed by atoms with Gasteiger partial charge in [0.1, 0.15) is 0 Å². The van der Waals surface area contributed by atoms with Crippen LogP contribution in [0.4, 0.5) is 0 Å². The molecule has 0 N–H and O–H groups in total. The Labute approximate surface area is 88.2 Å². The van der Waals surface area contributed by atoms with E-state index in [1.54, 1.807) is 11.3 Å². The summed E-state index contributed by atoms with van der Waals surface area (Å²) >= 11 is 0. The van der Waals surface area contributed by atoms with Crippen LogP contribution >= 0.6 is 0 Å². The van der Waals surface area contributed by atoms with Crippen molar-refractivity contribution >= 4 is 0 Å². The van der Waals surface area contributed by atoms with Crippen LogP contribution in [0.25, 0.3) is 0 Å². The quantitative estimate of drug-likeness (QED) is 0.615. The molecular weight excluding hydrogens is 170 g/mol. The van der Waals surface area contributed by atoms with Gasteiger partial charge in [0.05, 0.1) is 0 Å². The van der Waals surface area contributed by atoms with Crippen molar-refractivity contribution in [1.82, 2.24) is 4.90 Å². The van der Waals surface area contributed by atoms with E-state index < -0.39 is 0 Å². The first-order valence-corrected chi connectivity index (χ1v) is 6.06. The summed E-state index contributed by atoms with van der Waals surface area (Å²) in [6, 6.07) is 0. The van der Waals surface area contributed by atoms with Crippen LogP contribution in [-0.2, 0) is 0 Å². The highest BCUT2D eigenvalue weighted by molar-refractivity contribution is 5.22. The Morgan fingerprint density at radius 2 is 1.71 bits per heavy atom. The van der Waals surface area contributed by atoms with Crippen LogP contribution in [0, 0.1) is 5.41 Å². The Morgan fingerprint density at radius 3 is 2.29 bits per heavy atom. The Balaban J connectivity index is 2.27. The molecule has 1 heterocycles. The van der Waals surface area contributed by atoms with E-state index in [0.717, 1.165) is 0 Å². The van der Waals surface area contributed by atoms with Crippen molar-refractivity contribution < 1.29 is 0 Å². The molecule has 1 nitrogen and oxygen atoms in total. The normalized spacial score (nSPS) is 27.2. The molecule has 0 aromatic heterocycles. The molecule has 0 aromatic rings. The number of allylic oxidation sites excluding steroid dienone is 2. The maximum atomic E-state index is 2.65. The van der Waals surface area contributed by atoms with Crippen LogP contribution in [-0.4, -0.2) is 18.0 Å². The zero-order chi connectivity index (χ0) is 10.2. The molecular formula is C13H23N. The molecule has 2 rings (SSSR count). The maximum absolute atomic E-state index is 2.65. The highest BCUT2D eigenvalue weighted by Crippen LogP contribution is 2.42. The van der Waals surface area contributed by atoms with Gasteiger partial charge in [-0.05, 0) is 39.0 Å². The monoisotopic (exact) mass is 193 g/mol. The van der Waals surface area contributed by atoms with Gasteiger partial charge in [0.25, 0.3) is 0 Å². The second-order valence-corrected chi connectivity index (χ2v) is 5.56. The lowest BCUT2D eigenvalue weighted by Crippen LogP contribution is -2.33. The predicted octanol–water partition coefficient (Wildman–Crippen LogP) is 3.57. The summed E-state index contributed by atoms with van der Waals surface area (Å²) in [6.07, 6.45) is 6.88. The SMILES string of the molecule is CC1=C(N2CCCC2)C(C)(C)CCC1. The molecule has 0 amide bonds. The van der Waals surface area contributed by atoms with E-state index in [2.05, 4.69) is 25.7 Å². The molecule has 2 aliphatic rings. The molecule has 0 bridgehead atoms. The van der Waals surface area contributed by atoms with Crippen LogP contribution in [0.3, 0.4) is 0 Å². The number of hydrogen-bond acceptors (Lipinski definition) is 1. The lowest BCUT2D eigenvalue weighted by Gasteiger charge is -2.40. The Morgan fingerprint density at radius 1 is 1.07 bits per heavy atom. The van der Waals surface area contributed by atoms with Gasteiger partial charge in [-0.1, -0.05) is 19.4 Å². The third-order valence-electron chi connectivity index (χ3n) is 3.82. The van der Waals surface area contributed by atoms with Crippen LogP contribution in [0.5, 0.6) is 0 Å². The molecule has 80 valence electrons. The fraction of sp³-hybridized carbons (Fsp3) is 0.846. The highest BCUT2D eigenvalue weighted by atomic mass is 15.2. The fourth-order valence-electron chi connectivity index (χ4n) is 3.25. The second-order valence-electron chi connectivity index (χ2n) is 5.56. The Kier molecular flexibility index (Phi) is 2.59. The Bertz CT molecular complexity index is 244. The van der Waals surface area contributed by atoms with Gasteiger partial charge in [-0.2, -0.15) is 0 Å². The first-order valence-electron chi connectivity index (χ1n) is 6.06. The fourth-order valence-corrected chi connectivity index (χ4v) is 3.25. The molecule has 0 atom stereocenters. The van der Waals surface area contributed by atoms with Gasteiger partial charge in [-0.3, -0.25) is 0 Å². The molecule has 0 aromatic carbocycles. The number of hydrogen-bond donors (Lipinski definition) is 0. The van der Waals surface area contributed by atoms with Crippen LogP contribution in [0.1, 0.15) is 52.9 Å². The largest absolute Gasteiger partial charge is 0.374 e. The molecule has 0 radical (unpaired) electrons. The van der Waals surface area contributed by atoms with Crippen molar-refractivity contribution in [3.8, 4) is 0 Å². The smallest absolute Gasteiger partial charge is 0.0179 e. The van der Waals surface area contributed by atoms with E-state index in [1.165, 1.54) is 45.2 Å². The molecule has 1 fully saturated rings. The number of rotatable bonds is 1. The minimum Gasteiger partial charge on any atom is -0.374 e. The minimum absolute atomic E-state index is 0.437. The highest BCUT2D eigenvalue weighted by Gasteiger charge is 2.32. The second kappa shape index (κ2) is 3.60. The van der Waals surface area contributed by atoms with Gasteiger partial charge in [-0.25, -0.2) is 0 Å². The van der Waals surface area contributed by atoms with Gasteiger partial charge in [-0.15, -0.1) is 0 Å². The average Bonchev–Trinajstić information content (AvgIpc) is 2.55. The zero-order valence-electron chi connectivity index (χ0n) is 9.90. The van der Waals surface area contributed by atoms with Crippen LogP contribution in [0.2, 0.25) is 0 Å². The van der Waals surface area contributed by atoms with Crippen molar-refractivity contribution in [3.63, 3.8) is 0 Å². The van der Waals surface area contributed by atoms with E-state index in [-0.39, 0.29) is 0 Å². The zero-order valence-corrected chi connectivity index (χ0v) is 9.90. The van der Waals surface area contributed by atoms with Gasteiger partial charge in [0, 0.05) is 24.2 Å².